The Morgan fingerprint density at radius 3 is 2.44 bits per heavy atom. The van der Waals surface area contributed by atoms with Crippen LogP contribution in [-0.2, 0) is 4.74 Å². The van der Waals surface area contributed by atoms with Crippen molar-refractivity contribution in [3.63, 3.8) is 0 Å². The zero-order chi connectivity index (χ0) is 13.4. The van der Waals surface area contributed by atoms with Crippen LogP contribution in [0.1, 0.15) is 61.6 Å². The monoisotopic (exact) mass is 250 g/mol. The van der Waals surface area contributed by atoms with Crippen molar-refractivity contribution in [2.45, 2.75) is 45.6 Å². The molecule has 0 aliphatic carbocycles. The quantitative estimate of drug-likeness (QED) is 0.595. The Hall–Kier alpha value is -1.35. The summed E-state index contributed by atoms with van der Waals surface area (Å²) in [5.74, 6) is -0.288. The standard InChI is InChI=1S/C15H22O3/c1-3-4-5-6-11-18-15(17)14-9-7-13(8-10-14)12(2)16/h7-10,12,16H,3-6,11H2,1-2H3. The summed E-state index contributed by atoms with van der Waals surface area (Å²) in [4.78, 5) is 11.7. The predicted molar refractivity (Wildman–Crippen MR) is 71.5 cm³/mol. The highest BCUT2D eigenvalue weighted by Crippen LogP contribution is 2.13. The first kappa shape index (κ1) is 14.7. The Morgan fingerprint density at radius 2 is 1.89 bits per heavy atom. The molecule has 0 bridgehead atoms. The molecule has 0 saturated heterocycles. The van der Waals surface area contributed by atoms with Gasteiger partial charge in [-0.25, -0.2) is 4.79 Å². The lowest BCUT2D eigenvalue weighted by atomic mass is 10.1. The van der Waals surface area contributed by atoms with E-state index in [0.29, 0.717) is 12.2 Å². The Balaban J connectivity index is 2.37. The van der Waals surface area contributed by atoms with E-state index in [1.54, 1.807) is 31.2 Å². The number of ether oxygens (including phenoxy) is 1. The fourth-order valence-corrected chi connectivity index (χ4v) is 1.67. The topological polar surface area (TPSA) is 46.5 Å². The SMILES string of the molecule is CCCCCCOC(=O)c1ccc(C(C)O)cc1. The third-order valence-corrected chi connectivity index (χ3v) is 2.86. The van der Waals surface area contributed by atoms with Crippen LogP contribution < -0.4 is 0 Å². The number of hydrogen-bond donors (Lipinski definition) is 1. The summed E-state index contributed by atoms with van der Waals surface area (Å²) in [5.41, 5.74) is 1.34. The van der Waals surface area contributed by atoms with E-state index in [9.17, 15) is 9.90 Å². The zero-order valence-corrected chi connectivity index (χ0v) is 11.2. The van der Waals surface area contributed by atoms with Crippen molar-refractivity contribution < 1.29 is 14.6 Å². The highest BCUT2D eigenvalue weighted by atomic mass is 16.5. The molecule has 1 unspecified atom stereocenters. The van der Waals surface area contributed by atoms with E-state index in [0.717, 1.165) is 18.4 Å². The minimum absolute atomic E-state index is 0.288. The molecule has 3 nitrogen and oxygen atoms in total. The van der Waals surface area contributed by atoms with Gasteiger partial charge < -0.3 is 9.84 Å². The predicted octanol–water partition coefficient (Wildman–Crippen LogP) is 3.48. The molecule has 0 aromatic heterocycles. The molecule has 18 heavy (non-hydrogen) atoms. The number of aliphatic hydroxyl groups is 1. The maximum atomic E-state index is 11.7. The van der Waals surface area contributed by atoms with Crippen LogP contribution in [0.2, 0.25) is 0 Å². The number of esters is 1. The van der Waals surface area contributed by atoms with E-state index < -0.39 is 6.10 Å². The van der Waals surface area contributed by atoms with E-state index in [-0.39, 0.29) is 5.97 Å². The van der Waals surface area contributed by atoms with Crippen molar-refractivity contribution in [2.75, 3.05) is 6.61 Å². The lowest BCUT2D eigenvalue weighted by molar-refractivity contribution is 0.0497. The van der Waals surface area contributed by atoms with Crippen LogP contribution in [-0.4, -0.2) is 17.7 Å². The van der Waals surface area contributed by atoms with Crippen molar-refractivity contribution >= 4 is 5.97 Å². The fraction of sp³-hybridized carbons (Fsp3) is 0.533. The summed E-state index contributed by atoms with van der Waals surface area (Å²) in [5, 5.41) is 9.36. The van der Waals surface area contributed by atoms with Gasteiger partial charge in [0.2, 0.25) is 0 Å². The van der Waals surface area contributed by atoms with Gasteiger partial charge >= 0.3 is 5.97 Å². The number of hydrogen-bond acceptors (Lipinski definition) is 3. The average Bonchev–Trinajstić information content (AvgIpc) is 2.38. The van der Waals surface area contributed by atoms with Crippen molar-refractivity contribution in [2.24, 2.45) is 0 Å². The molecule has 100 valence electrons. The molecule has 1 rings (SSSR count). The van der Waals surface area contributed by atoms with Gasteiger partial charge in [0.15, 0.2) is 0 Å². The number of carbonyl (C=O) groups excluding carboxylic acids is 1. The Bertz CT molecular complexity index is 355. The largest absolute Gasteiger partial charge is 0.462 e. The molecule has 0 aliphatic heterocycles. The fourth-order valence-electron chi connectivity index (χ4n) is 1.67. The van der Waals surface area contributed by atoms with E-state index >= 15 is 0 Å². The summed E-state index contributed by atoms with van der Waals surface area (Å²) in [6.45, 7) is 4.33. The van der Waals surface area contributed by atoms with Crippen LogP contribution in [0.3, 0.4) is 0 Å². The first-order valence-corrected chi connectivity index (χ1v) is 6.60. The normalized spacial score (nSPS) is 12.2. The van der Waals surface area contributed by atoms with Gasteiger partial charge in [0, 0.05) is 0 Å². The second-order valence-electron chi connectivity index (χ2n) is 4.49. The van der Waals surface area contributed by atoms with Gasteiger partial charge in [-0.2, -0.15) is 0 Å². The average molecular weight is 250 g/mol. The Morgan fingerprint density at radius 1 is 1.22 bits per heavy atom. The van der Waals surface area contributed by atoms with Gasteiger partial charge in [0.1, 0.15) is 0 Å². The van der Waals surface area contributed by atoms with E-state index in [2.05, 4.69) is 6.92 Å². The molecule has 0 aliphatic rings. The van der Waals surface area contributed by atoms with Crippen molar-refractivity contribution in [3.05, 3.63) is 35.4 Å². The second kappa shape index (κ2) is 7.88. The molecule has 0 amide bonds. The summed E-state index contributed by atoms with van der Waals surface area (Å²) in [7, 11) is 0. The molecule has 1 N–H and O–H groups in total. The van der Waals surface area contributed by atoms with Gasteiger partial charge in [0.05, 0.1) is 18.3 Å². The van der Waals surface area contributed by atoms with E-state index in [4.69, 9.17) is 4.74 Å². The summed E-state index contributed by atoms with van der Waals surface area (Å²) in [6, 6.07) is 6.88. The van der Waals surface area contributed by atoms with Gasteiger partial charge in [-0.15, -0.1) is 0 Å². The lowest BCUT2D eigenvalue weighted by Crippen LogP contribution is -2.06. The molecule has 0 radical (unpaired) electrons. The Kier molecular flexibility index (Phi) is 6.44. The molecule has 1 aromatic carbocycles. The van der Waals surface area contributed by atoms with Gasteiger partial charge in [0.25, 0.3) is 0 Å². The first-order valence-electron chi connectivity index (χ1n) is 6.60. The number of rotatable bonds is 7. The molecule has 0 fully saturated rings. The third-order valence-electron chi connectivity index (χ3n) is 2.86. The van der Waals surface area contributed by atoms with Crippen molar-refractivity contribution in [1.82, 2.24) is 0 Å². The van der Waals surface area contributed by atoms with E-state index in [1.165, 1.54) is 12.8 Å². The third kappa shape index (κ3) is 4.88. The number of unbranched alkanes of at least 4 members (excludes halogenated alkanes) is 3. The number of aliphatic hydroxyl groups excluding tert-OH is 1. The van der Waals surface area contributed by atoms with Gasteiger partial charge in [-0.05, 0) is 31.0 Å². The smallest absolute Gasteiger partial charge is 0.338 e. The molecule has 0 saturated carbocycles. The van der Waals surface area contributed by atoms with Crippen molar-refractivity contribution in [3.8, 4) is 0 Å². The van der Waals surface area contributed by atoms with E-state index in [1.807, 2.05) is 0 Å². The molecular weight excluding hydrogens is 228 g/mol. The van der Waals surface area contributed by atoms with Crippen LogP contribution in [0, 0.1) is 0 Å². The van der Waals surface area contributed by atoms with Crippen LogP contribution in [0.4, 0.5) is 0 Å². The highest BCUT2D eigenvalue weighted by molar-refractivity contribution is 5.89. The summed E-state index contributed by atoms with van der Waals surface area (Å²) >= 11 is 0. The molecule has 0 heterocycles. The van der Waals surface area contributed by atoms with Crippen LogP contribution in [0.25, 0.3) is 0 Å². The molecular formula is C15H22O3. The van der Waals surface area contributed by atoms with Crippen molar-refractivity contribution in [1.29, 1.82) is 0 Å². The second-order valence-corrected chi connectivity index (χ2v) is 4.49. The Labute approximate surface area is 109 Å². The summed E-state index contributed by atoms with van der Waals surface area (Å²) in [6.07, 6.45) is 3.87. The molecule has 0 spiro atoms. The van der Waals surface area contributed by atoms with Gasteiger partial charge in [-0.1, -0.05) is 38.3 Å². The first-order chi connectivity index (χ1) is 8.65. The minimum Gasteiger partial charge on any atom is -0.462 e. The zero-order valence-electron chi connectivity index (χ0n) is 11.2. The van der Waals surface area contributed by atoms with Crippen LogP contribution in [0.5, 0.6) is 0 Å². The highest BCUT2D eigenvalue weighted by Gasteiger charge is 2.07. The number of benzene rings is 1. The maximum absolute atomic E-state index is 11.7. The van der Waals surface area contributed by atoms with Crippen LogP contribution in [0.15, 0.2) is 24.3 Å². The van der Waals surface area contributed by atoms with Crippen LogP contribution >= 0.6 is 0 Å². The number of carbonyl (C=O) groups is 1. The maximum Gasteiger partial charge on any atom is 0.338 e. The van der Waals surface area contributed by atoms with Gasteiger partial charge in [-0.3, -0.25) is 0 Å². The molecule has 1 atom stereocenters. The molecule has 1 aromatic rings. The molecule has 3 heteroatoms. The lowest BCUT2D eigenvalue weighted by Gasteiger charge is -2.07. The minimum atomic E-state index is -0.510. The summed E-state index contributed by atoms with van der Waals surface area (Å²) < 4.78 is 5.17.